The molecule has 1 atom stereocenters. The number of rotatable bonds is 3. The van der Waals surface area contributed by atoms with Crippen LogP contribution in [0.5, 0.6) is 0 Å². The van der Waals surface area contributed by atoms with E-state index in [4.69, 9.17) is 11.6 Å². The molecule has 3 nitrogen and oxygen atoms in total. The summed E-state index contributed by atoms with van der Waals surface area (Å²) in [6.45, 7) is 0. The second-order valence-corrected chi connectivity index (χ2v) is 6.48. The van der Waals surface area contributed by atoms with Gasteiger partial charge in [-0.3, -0.25) is 0 Å². The van der Waals surface area contributed by atoms with Gasteiger partial charge in [0.1, 0.15) is 0 Å². The highest BCUT2D eigenvalue weighted by atomic mass is 35.5. The minimum Gasteiger partial charge on any atom is -0.327 e. The van der Waals surface area contributed by atoms with Gasteiger partial charge in [-0.15, -0.1) is 0 Å². The minimum absolute atomic E-state index is 0.242. The molecule has 0 fully saturated rings. The van der Waals surface area contributed by atoms with Crippen LogP contribution in [0.1, 0.15) is 22.7 Å². The van der Waals surface area contributed by atoms with Crippen LogP contribution in [-0.2, 0) is 0 Å². The van der Waals surface area contributed by atoms with Crippen LogP contribution >= 0.6 is 11.6 Å². The normalized spacial score (nSPS) is 16.8. The number of hydrogen-bond donors (Lipinski definition) is 2. The van der Waals surface area contributed by atoms with Crippen molar-refractivity contribution in [3.8, 4) is 0 Å². The predicted molar refractivity (Wildman–Crippen MR) is 106 cm³/mol. The number of hydrogen-bond acceptors (Lipinski definition) is 1. The van der Waals surface area contributed by atoms with Crippen LogP contribution in [0.4, 0.5) is 4.79 Å². The van der Waals surface area contributed by atoms with E-state index >= 15 is 0 Å². The van der Waals surface area contributed by atoms with Crippen LogP contribution in [-0.4, -0.2) is 6.03 Å². The van der Waals surface area contributed by atoms with E-state index < -0.39 is 0 Å². The van der Waals surface area contributed by atoms with Crippen molar-refractivity contribution in [2.45, 2.75) is 6.04 Å². The number of nitrogens with one attached hydrogen (secondary N) is 2. The van der Waals surface area contributed by atoms with E-state index in [0.717, 1.165) is 28.0 Å². The Labute approximate surface area is 157 Å². The first-order chi connectivity index (χ1) is 12.7. The summed E-state index contributed by atoms with van der Waals surface area (Å²) in [5, 5.41) is 6.64. The van der Waals surface area contributed by atoms with Gasteiger partial charge in [0.05, 0.1) is 11.7 Å². The van der Waals surface area contributed by atoms with Gasteiger partial charge in [-0.25, -0.2) is 4.79 Å². The minimum atomic E-state index is -0.338. The first-order valence-corrected chi connectivity index (χ1v) is 8.79. The number of carbonyl (C=O) groups is 1. The van der Waals surface area contributed by atoms with Crippen molar-refractivity contribution in [2.24, 2.45) is 0 Å². The number of urea groups is 1. The van der Waals surface area contributed by atoms with Crippen LogP contribution in [0.3, 0.4) is 0 Å². The molecule has 0 saturated carbocycles. The Morgan fingerprint density at radius 2 is 1.31 bits per heavy atom. The maximum absolute atomic E-state index is 12.4. The molecule has 0 saturated heterocycles. The molecule has 3 aromatic carbocycles. The van der Waals surface area contributed by atoms with Gasteiger partial charge in [0.25, 0.3) is 0 Å². The fraction of sp³-hybridized carbons (Fsp3) is 0.0455. The summed E-state index contributed by atoms with van der Waals surface area (Å²) in [7, 11) is 0. The Kier molecular flexibility index (Phi) is 4.46. The fourth-order valence-electron chi connectivity index (χ4n) is 3.27. The largest absolute Gasteiger partial charge is 0.327 e. The highest BCUT2D eigenvalue weighted by Gasteiger charge is 2.30. The molecule has 1 aliphatic heterocycles. The number of carbonyl (C=O) groups excluding carboxylic acids is 1. The first-order valence-electron chi connectivity index (χ1n) is 8.41. The van der Waals surface area contributed by atoms with Crippen LogP contribution in [0.15, 0.2) is 84.9 Å². The summed E-state index contributed by atoms with van der Waals surface area (Å²) in [5.41, 5.74) is 4.65. The lowest BCUT2D eigenvalue weighted by Crippen LogP contribution is -2.43. The summed E-state index contributed by atoms with van der Waals surface area (Å²) < 4.78 is 0. The molecule has 2 amide bonds. The van der Waals surface area contributed by atoms with Gasteiger partial charge in [-0.2, -0.15) is 0 Å². The average molecular weight is 361 g/mol. The van der Waals surface area contributed by atoms with Crippen LogP contribution in [0.2, 0.25) is 5.02 Å². The quantitative estimate of drug-likeness (QED) is 0.657. The SMILES string of the molecule is O=C1NC(c2ccccc2)=C(c2ccccc2)C(c2ccccc2Cl)N1. The number of halogens is 1. The molecule has 2 N–H and O–H groups in total. The van der Waals surface area contributed by atoms with Gasteiger partial charge >= 0.3 is 6.03 Å². The molecular weight excluding hydrogens is 344 g/mol. The van der Waals surface area contributed by atoms with E-state index in [2.05, 4.69) is 10.6 Å². The van der Waals surface area contributed by atoms with Crippen molar-refractivity contribution in [3.05, 3.63) is 107 Å². The van der Waals surface area contributed by atoms with Gasteiger partial charge in [0, 0.05) is 10.6 Å². The molecule has 4 rings (SSSR count). The van der Waals surface area contributed by atoms with Crippen molar-refractivity contribution < 1.29 is 4.79 Å². The third-order valence-electron chi connectivity index (χ3n) is 4.44. The standard InChI is InChI=1S/C22H17ClN2O/c23-18-14-8-7-13-17(18)21-19(15-9-3-1-4-10-15)20(24-22(26)25-21)16-11-5-2-6-12-16/h1-14,21H,(H2,24,25,26). The lowest BCUT2D eigenvalue weighted by atomic mass is 9.88. The molecule has 0 bridgehead atoms. The summed E-state index contributed by atoms with van der Waals surface area (Å²) in [6.07, 6.45) is 0. The molecule has 128 valence electrons. The van der Waals surface area contributed by atoms with Crippen molar-refractivity contribution in [1.82, 2.24) is 10.6 Å². The Morgan fingerprint density at radius 3 is 1.96 bits per heavy atom. The second-order valence-electron chi connectivity index (χ2n) is 6.07. The van der Waals surface area contributed by atoms with Crippen molar-refractivity contribution in [1.29, 1.82) is 0 Å². The summed E-state index contributed by atoms with van der Waals surface area (Å²) in [4.78, 5) is 12.4. The van der Waals surface area contributed by atoms with E-state index in [1.54, 1.807) is 0 Å². The van der Waals surface area contributed by atoms with E-state index in [9.17, 15) is 4.79 Å². The van der Waals surface area contributed by atoms with Gasteiger partial charge in [0.2, 0.25) is 0 Å². The smallest absolute Gasteiger partial charge is 0.320 e. The van der Waals surface area contributed by atoms with Crippen molar-refractivity contribution in [3.63, 3.8) is 0 Å². The molecule has 0 spiro atoms. The van der Waals surface area contributed by atoms with Gasteiger partial charge in [-0.05, 0) is 22.8 Å². The highest BCUT2D eigenvalue weighted by Crippen LogP contribution is 2.39. The summed E-state index contributed by atoms with van der Waals surface area (Å²) in [5.74, 6) is 0. The number of benzene rings is 3. The molecule has 1 unspecified atom stereocenters. The highest BCUT2D eigenvalue weighted by molar-refractivity contribution is 6.31. The zero-order valence-corrected chi connectivity index (χ0v) is 14.7. The Hall–Kier alpha value is -3.04. The Morgan fingerprint density at radius 1 is 0.731 bits per heavy atom. The number of amides is 2. The molecule has 0 aliphatic carbocycles. The zero-order valence-electron chi connectivity index (χ0n) is 13.9. The molecule has 1 aliphatic rings. The van der Waals surface area contributed by atoms with Crippen molar-refractivity contribution in [2.75, 3.05) is 0 Å². The molecule has 0 radical (unpaired) electrons. The predicted octanol–water partition coefficient (Wildman–Crippen LogP) is 5.26. The second kappa shape index (κ2) is 7.06. The molecule has 1 heterocycles. The Bertz CT molecular complexity index is 968. The third kappa shape index (κ3) is 3.09. The maximum atomic E-state index is 12.4. The molecule has 4 heteroatoms. The van der Waals surface area contributed by atoms with Gasteiger partial charge in [0.15, 0.2) is 0 Å². The first kappa shape index (κ1) is 16.4. The maximum Gasteiger partial charge on any atom is 0.320 e. The fourth-order valence-corrected chi connectivity index (χ4v) is 3.51. The van der Waals surface area contributed by atoms with Gasteiger partial charge < -0.3 is 10.6 Å². The van der Waals surface area contributed by atoms with Crippen LogP contribution < -0.4 is 10.6 Å². The molecule has 3 aromatic rings. The summed E-state index contributed by atoms with van der Waals surface area (Å²) >= 11 is 6.46. The third-order valence-corrected chi connectivity index (χ3v) is 4.78. The average Bonchev–Trinajstić information content (AvgIpc) is 2.69. The van der Waals surface area contributed by atoms with E-state index in [-0.39, 0.29) is 12.1 Å². The van der Waals surface area contributed by atoms with E-state index in [1.807, 2.05) is 84.9 Å². The monoisotopic (exact) mass is 360 g/mol. The molecule has 26 heavy (non-hydrogen) atoms. The van der Waals surface area contributed by atoms with E-state index in [1.165, 1.54) is 0 Å². The van der Waals surface area contributed by atoms with E-state index in [0.29, 0.717) is 5.02 Å². The topological polar surface area (TPSA) is 41.1 Å². The molecular formula is C22H17ClN2O. The molecule has 0 aromatic heterocycles. The van der Waals surface area contributed by atoms with Crippen LogP contribution in [0.25, 0.3) is 11.3 Å². The summed E-state index contributed by atoms with van der Waals surface area (Å²) in [6, 6.07) is 26.9. The lowest BCUT2D eigenvalue weighted by molar-refractivity contribution is 0.242. The van der Waals surface area contributed by atoms with Crippen LogP contribution in [0, 0.1) is 0 Å². The van der Waals surface area contributed by atoms with Crippen molar-refractivity contribution >= 4 is 28.9 Å². The van der Waals surface area contributed by atoms with Gasteiger partial charge in [-0.1, -0.05) is 90.5 Å². The zero-order chi connectivity index (χ0) is 17.9. The Balaban J connectivity index is 1.98. The lowest BCUT2D eigenvalue weighted by Gasteiger charge is -2.31.